The highest BCUT2D eigenvalue weighted by molar-refractivity contribution is 5.73. The molecule has 1 aromatic rings. The van der Waals surface area contributed by atoms with Crippen LogP contribution >= 0.6 is 0 Å². The van der Waals surface area contributed by atoms with Gasteiger partial charge in [-0.3, -0.25) is 10.1 Å². The highest BCUT2D eigenvalue weighted by Crippen LogP contribution is 2.23. The van der Waals surface area contributed by atoms with Crippen LogP contribution in [0.25, 0.3) is 0 Å². The predicted octanol–water partition coefficient (Wildman–Crippen LogP) is 1.08. The number of nitrogens with one attached hydrogen (secondary N) is 1. The Hall–Kier alpha value is -1.89. The Labute approximate surface area is 118 Å². The number of hydrogen-bond donors (Lipinski definition) is 2. The van der Waals surface area contributed by atoms with Crippen LogP contribution in [-0.4, -0.2) is 41.3 Å². The van der Waals surface area contributed by atoms with E-state index in [-0.39, 0.29) is 12.5 Å². The smallest absolute Gasteiger partial charge is 0.320 e. The van der Waals surface area contributed by atoms with Crippen molar-refractivity contribution in [3.8, 4) is 11.8 Å². The minimum absolute atomic E-state index is 0.261. The lowest BCUT2D eigenvalue weighted by molar-refractivity contribution is -0.140. The Morgan fingerprint density at radius 1 is 1.30 bits per heavy atom. The quantitative estimate of drug-likeness (QED) is 0.737. The highest BCUT2D eigenvalue weighted by atomic mass is 16.5. The molecule has 1 atom stereocenters. The molecule has 0 bridgehead atoms. The first kappa shape index (κ1) is 16.2. The van der Waals surface area contributed by atoms with Crippen LogP contribution < -0.4 is 14.8 Å². The number of carbonyl (C=O) groups is 1. The van der Waals surface area contributed by atoms with Crippen molar-refractivity contribution in [1.82, 2.24) is 15.3 Å². The van der Waals surface area contributed by atoms with E-state index in [1.807, 2.05) is 13.8 Å². The number of methoxy groups -OCH3 is 2. The highest BCUT2D eigenvalue weighted by Gasteiger charge is 2.20. The van der Waals surface area contributed by atoms with Crippen LogP contribution in [0.5, 0.6) is 11.8 Å². The molecule has 0 aromatic carbocycles. The summed E-state index contributed by atoms with van der Waals surface area (Å²) in [5, 5.41) is 12.2. The molecule has 0 aliphatic heterocycles. The normalized spacial score (nSPS) is 12.2. The van der Waals surface area contributed by atoms with Gasteiger partial charge in [0.1, 0.15) is 12.4 Å². The van der Waals surface area contributed by atoms with Gasteiger partial charge in [0.2, 0.25) is 11.8 Å². The Balaban J connectivity index is 2.84. The first-order valence-corrected chi connectivity index (χ1v) is 6.37. The summed E-state index contributed by atoms with van der Waals surface area (Å²) >= 11 is 0. The Morgan fingerprint density at radius 3 is 2.25 bits per heavy atom. The lowest BCUT2D eigenvalue weighted by Crippen LogP contribution is -2.37. The first-order chi connectivity index (χ1) is 9.49. The maximum absolute atomic E-state index is 11.2. The van der Waals surface area contributed by atoms with Gasteiger partial charge in [0.15, 0.2) is 0 Å². The van der Waals surface area contributed by atoms with Gasteiger partial charge in [-0.1, -0.05) is 13.8 Å². The molecule has 7 nitrogen and oxygen atoms in total. The minimum atomic E-state index is -0.881. The molecule has 2 N–H and O–H groups in total. The van der Waals surface area contributed by atoms with E-state index >= 15 is 0 Å². The molecule has 0 saturated heterocycles. The summed E-state index contributed by atoms with van der Waals surface area (Å²) < 4.78 is 10.3. The Morgan fingerprint density at radius 2 is 1.85 bits per heavy atom. The molecule has 0 aliphatic carbocycles. The zero-order valence-corrected chi connectivity index (χ0v) is 12.2. The molecular formula is C13H21N3O4. The molecule has 0 fully saturated rings. The summed E-state index contributed by atoms with van der Waals surface area (Å²) in [6, 6.07) is -0.635. The molecular weight excluding hydrogens is 262 g/mol. The van der Waals surface area contributed by atoms with Crippen molar-refractivity contribution in [2.75, 3.05) is 14.2 Å². The summed E-state index contributed by atoms with van der Waals surface area (Å²) in [5.74, 6) is 0.143. The van der Waals surface area contributed by atoms with Crippen LogP contribution in [0.2, 0.25) is 0 Å². The molecule has 112 valence electrons. The number of rotatable bonds is 8. The van der Waals surface area contributed by atoms with Crippen LogP contribution in [-0.2, 0) is 11.3 Å². The summed E-state index contributed by atoms with van der Waals surface area (Å²) in [4.78, 5) is 19.2. The van der Waals surface area contributed by atoms with E-state index in [4.69, 9.17) is 9.47 Å². The topological polar surface area (TPSA) is 93.6 Å². The third kappa shape index (κ3) is 4.34. The van der Waals surface area contributed by atoms with Gasteiger partial charge in [-0.25, -0.2) is 9.97 Å². The van der Waals surface area contributed by atoms with E-state index in [1.54, 1.807) is 0 Å². The van der Waals surface area contributed by atoms with E-state index in [0.29, 0.717) is 23.7 Å². The van der Waals surface area contributed by atoms with Crippen molar-refractivity contribution in [2.45, 2.75) is 32.9 Å². The van der Waals surface area contributed by atoms with Crippen LogP contribution in [0.15, 0.2) is 6.33 Å². The van der Waals surface area contributed by atoms with E-state index in [2.05, 4.69) is 15.3 Å². The maximum Gasteiger partial charge on any atom is 0.320 e. The van der Waals surface area contributed by atoms with Gasteiger partial charge < -0.3 is 14.6 Å². The van der Waals surface area contributed by atoms with Gasteiger partial charge >= 0.3 is 5.97 Å². The lowest BCUT2D eigenvalue weighted by Gasteiger charge is -2.18. The maximum atomic E-state index is 11.2. The fourth-order valence-corrected chi connectivity index (χ4v) is 1.85. The Kier molecular flexibility index (Phi) is 6.17. The second-order valence-electron chi connectivity index (χ2n) is 4.77. The largest absolute Gasteiger partial charge is 0.481 e. The fourth-order valence-electron chi connectivity index (χ4n) is 1.85. The second-order valence-corrected chi connectivity index (χ2v) is 4.77. The average molecular weight is 283 g/mol. The molecule has 0 aliphatic rings. The number of hydrogen-bond acceptors (Lipinski definition) is 6. The number of aliphatic carboxylic acids is 1. The molecule has 1 heterocycles. The second kappa shape index (κ2) is 7.64. The van der Waals surface area contributed by atoms with Crippen LogP contribution in [0.3, 0.4) is 0 Å². The summed E-state index contributed by atoms with van der Waals surface area (Å²) in [5.41, 5.74) is 0.604. The molecule has 1 unspecified atom stereocenters. The van der Waals surface area contributed by atoms with Crippen molar-refractivity contribution in [3.63, 3.8) is 0 Å². The van der Waals surface area contributed by atoms with Gasteiger partial charge in [-0.2, -0.15) is 0 Å². The minimum Gasteiger partial charge on any atom is -0.481 e. The van der Waals surface area contributed by atoms with Crippen molar-refractivity contribution in [3.05, 3.63) is 11.9 Å². The van der Waals surface area contributed by atoms with Crippen molar-refractivity contribution >= 4 is 5.97 Å². The van der Waals surface area contributed by atoms with Crippen LogP contribution in [0.1, 0.15) is 25.8 Å². The zero-order valence-electron chi connectivity index (χ0n) is 12.2. The van der Waals surface area contributed by atoms with Crippen molar-refractivity contribution in [2.24, 2.45) is 5.92 Å². The lowest BCUT2D eigenvalue weighted by atomic mass is 10.0. The summed E-state index contributed by atoms with van der Waals surface area (Å²) in [6.45, 7) is 4.21. The molecule has 7 heteroatoms. The van der Waals surface area contributed by atoms with Crippen LogP contribution in [0, 0.1) is 5.92 Å². The third-order valence-electron chi connectivity index (χ3n) is 2.78. The van der Waals surface area contributed by atoms with E-state index in [1.165, 1.54) is 20.5 Å². The SMILES string of the molecule is COc1ncnc(OC)c1CNC(CC(C)C)C(=O)O. The molecule has 0 saturated carbocycles. The third-order valence-corrected chi connectivity index (χ3v) is 2.78. The van der Waals surface area contributed by atoms with Crippen molar-refractivity contribution in [1.29, 1.82) is 0 Å². The molecule has 0 radical (unpaired) electrons. The van der Waals surface area contributed by atoms with Gasteiger partial charge in [0, 0.05) is 6.54 Å². The molecule has 0 spiro atoms. The van der Waals surface area contributed by atoms with Gasteiger partial charge in [-0.15, -0.1) is 0 Å². The monoisotopic (exact) mass is 283 g/mol. The van der Waals surface area contributed by atoms with Gasteiger partial charge in [-0.05, 0) is 12.3 Å². The molecule has 0 amide bonds. The van der Waals surface area contributed by atoms with E-state index < -0.39 is 12.0 Å². The number of carboxylic acids is 1. The van der Waals surface area contributed by atoms with Crippen LogP contribution in [0.4, 0.5) is 0 Å². The predicted molar refractivity (Wildman–Crippen MR) is 72.9 cm³/mol. The van der Waals surface area contributed by atoms with E-state index in [9.17, 15) is 9.90 Å². The first-order valence-electron chi connectivity index (χ1n) is 6.37. The number of aromatic nitrogens is 2. The van der Waals surface area contributed by atoms with E-state index in [0.717, 1.165) is 0 Å². The Bertz CT molecular complexity index is 429. The van der Waals surface area contributed by atoms with Gasteiger partial charge in [0.05, 0.1) is 19.8 Å². The fraction of sp³-hybridized carbons (Fsp3) is 0.615. The van der Waals surface area contributed by atoms with Gasteiger partial charge in [0.25, 0.3) is 0 Å². The number of nitrogens with zero attached hydrogens (tertiary/aromatic N) is 2. The standard InChI is InChI=1S/C13H21N3O4/c1-8(2)5-10(13(17)18)14-6-9-11(19-3)15-7-16-12(9)20-4/h7-8,10,14H,5-6H2,1-4H3,(H,17,18). The molecule has 1 aromatic heterocycles. The average Bonchev–Trinajstić information content (AvgIpc) is 2.42. The molecule has 20 heavy (non-hydrogen) atoms. The summed E-state index contributed by atoms with van der Waals surface area (Å²) in [6.07, 6.45) is 1.87. The summed E-state index contributed by atoms with van der Waals surface area (Å²) in [7, 11) is 2.99. The zero-order chi connectivity index (χ0) is 15.1. The molecule has 1 rings (SSSR count). The van der Waals surface area contributed by atoms with Crippen molar-refractivity contribution < 1.29 is 19.4 Å². The number of ether oxygens (including phenoxy) is 2. The number of carboxylic acid groups (broad SMARTS) is 1.